The molecular formula is C14H21N. The number of hydrogen-bond acceptors (Lipinski definition) is 1. The van der Waals surface area contributed by atoms with E-state index in [4.69, 9.17) is 0 Å². The zero-order valence-electron chi connectivity index (χ0n) is 10.0. The zero-order valence-corrected chi connectivity index (χ0v) is 10.0. The number of likely N-dealkylation sites (N-methyl/N-ethyl adjacent to an activating group) is 1. The highest BCUT2D eigenvalue weighted by molar-refractivity contribution is 5.30. The molecule has 0 heterocycles. The summed E-state index contributed by atoms with van der Waals surface area (Å²) >= 11 is 0. The smallest absolute Gasteiger partial charge is 0.00878 e. The van der Waals surface area contributed by atoms with Gasteiger partial charge in [0.05, 0.1) is 0 Å². The molecule has 0 saturated heterocycles. The number of hydrogen-bond donors (Lipinski definition) is 1. The molecule has 0 bridgehead atoms. The van der Waals surface area contributed by atoms with Gasteiger partial charge in [0.1, 0.15) is 0 Å². The van der Waals surface area contributed by atoms with E-state index in [0.717, 1.165) is 6.54 Å². The maximum atomic E-state index is 3.35. The third-order valence-corrected chi connectivity index (χ3v) is 3.54. The van der Waals surface area contributed by atoms with E-state index in [1.807, 2.05) is 0 Å². The largest absolute Gasteiger partial charge is 0.319 e. The number of benzene rings is 1. The lowest BCUT2D eigenvalue weighted by Crippen LogP contribution is -2.51. The molecular weight excluding hydrogens is 182 g/mol. The van der Waals surface area contributed by atoms with Crippen molar-refractivity contribution in [2.75, 3.05) is 13.6 Å². The molecule has 1 aromatic carbocycles. The minimum absolute atomic E-state index is 0.388. The van der Waals surface area contributed by atoms with Crippen molar-refractivity contribution < 1.29 is 0 Å². The standard InChI is InChI=1S/C14H21N/c1-13(2)9-14(10-13,11-15-3)12-7-5-4-6-8-12/h4-8,15H,9-11H2,1-3H3. The van der Waals surface area contributed by atoms with Crippen LogP contribution in [0.3, 0.4) is 0 Å². The molecule has 0 spiro atoms. The van der Waals surface area contributed by atoms with Crippen LogP contribution in [0.2, 0.25) is 0 Å². The van der Waals surface area contributed by atoms with E-state index in [1.165, 1.54) is 18.4 Å². The van der Waals surface area contributed by atoms with Crippen LogP contribution in [0.4, 0.5) is 0 Å². The maximum Gasteiger partial charge on any atom is 0.00878 e. The van der Waals surface area contributed by atoms with E-state index in [2.05, 4.69) is 56.5 Å². The summed E-state index contributed by atoms with van der Waals surface area (Å²) in [6, 6.07) is 10.9. The molecule has 1 saturated carbocycles. The second kappa shape index (κ2) is 3.64. The third kappa shape index (κ3) is 1.93. The first-order valence-electron chi connectivity index (χ1n) is 5.78. The SMILES string of the molecule is CNCC1(c2ccccc2)CC(C)(C)C1. The van der Waals surface area contributed by atoms with Crippen molar-refractivity contribution in [2.45, 2.75) is 32.1 Å². The Bertz CT molecular complexity index is 318. The molecule has 0 unspecified atom stereocenters. The van der Waals surface area contributed by atoms with Gasteiger partial charge in [-0.3, -0.25) is 0 Å². The topological polar surface area (TPSA) is 12.0 Å². The van der Waals surface area contributed by atoms with Gasteiger partial charge in [-0.1, -0.05) is 44.2 Å². The summed E-state index contributed by atoms with van der Waals surface area (Å²) in [5.41, 5.74) is 2.41. The summed E-state index contributed by atoms with van der Waals surface area (Å²) in [6.07, 6.45) is 2.59. The summed E-state index contributed by atoms with van der Waals surface area (Å²) in [7, 11) is 2.05. The van der Waals surface area contributed by atoms with Crippen LogP contribution in [0.1, 0.15) is 32.3 Å². The van der Waals surface area contributed by atoms with Gasteiger partial charge in [0.25, 0.3) is 0 Å². The highest BCUT2D eigenvalue weighted by Crippen LogP contribution is 2.54. The van der Waals surface area contributed by atoms with Gasteiger partial charge < -0.3 is 5.32 Å². The predicted octanol–water partition coefficient (Wildman–Crippen LogP) is 2.96. The molecule has 0 radical (unpaired) electrons. The molecule has 1 fully saturated rings. The van der Waals surface area contributed by atoms with Crippen LogP contribution >= 0.6 is 0 Å². The predicted molar refractivity (Wildman–Crippen MR) is 65.1 cm³/mol. The molecule has 82 valence electrons. The molecule has 0 aliphatic heterocycles. The Morgan fingerprint density at radius 3 is 2.20 bits per heavy atom. The lowest BCUT2D eigenvalue weighted by atomic mass is 9.52. The van der Waals surface area contributed by atoms with E-state index in [-0.39, 0.29) is 0 Å². The van der Waals surface area contributed by atoms with Gasteiger partial charge in [0, 0.05) is 12.0 Å². The Morgan fingerprint density at radius 2 is 1.73 bits per heavy atom. The Morgan fingerprint density at radius 1 is 1.13 bits per heavy atom. The first-order chi connectivity index (χ1) is 7.08. The minimum atomic E-state index is 0.388. The normalized spacial score (nSPS) is 22.1. The summed E-state index contributed by atoms with van der Waals surface area (Å²) < 4.78 is 0. The Hall–Kier alpha value is -0.820. The molecule has 1 aromatic rings. The average molecular weight is 203 g/mol. The van der Waals surface area contributed by atoms with Crippen molar-refractivity contribution in [3.63, 3.8) is 0 Å². The lowest BCUT2D eigenvalue weighted by Gasteiger charge is -2.54. The molecule has 0 amide bonds. The zero-order chi connectivity index (χ0) is 10.9. The van der Waals surface area contributed by atoms with Crippen molar-refractivity contribution >= 4 is 0 Å². The van der Waals surface area contributed by atoms with Gasteiger partial charge in [0.2, 0.25) is 0 Å². The Balaban J connectivity index is 2.23. The molecule has 0 aromatic heterocycles. The quantitative estimate of drug-likeness (QED) is 0.796. The van der Waals surface area contributed by atoms with E-state index >= 15 is 0 Å². The van der Waals surface area contributed by atoms with Gasteiger partial charge in [-0.05, 0) is 30.9 Å². The van der Waals surface area contributed by atoms with E-state index in [0.29, 0.717) is 10.8 Å². The van der Waals surface area contributed by atoms with Crippen LogP contribution in [0.25, 0.3) is 0 Å². The summed E-state index contributed by atoms with van der Waals surface area (Å²) in [4.78, 5) is 0. The summed E-state index contributed by atoms with van der Waals surface area (Å²) in [5.74, 6) is 0. The second-order valence-corrected chi connectivity index (χ2v) is 5.69. The van der Waals surface area contributed by atoms with E-state index < -0.39 is 0 Å². The van der Waals surface area contributed by atoms with Crippen LogP contribution in [0.15, 0.2) is 30.3 Å². The second-order valence-electron chi connectivity index (χ2n) is 5.69. The van der Waals surface area contributed by atoms with Crippen molar-refractivity contribution in [3.8, 4) is 0 Å². The highest BCUT2D eigenvalue weighted by atomic mass is 14.8. The van der Waals surface area contributed by atoms with Crippen LogP contribution < -0.4 is 5.32 Å². The molecule has 1 aliphatic carbocycles. The molecule has 1 heteroatoms. The Kier molecular flexibility index (Phi) is 2.59. The maximum absolute atomic E-state index is 3.35. The van der Waals surface area contributed by atoms with Crippen molar-refractivity contribution in [2.24, 2.45) is 5.41 Å². The van der Waals surface area contributed by atoms with Gasteiger partial charge >= 0.3 is 0 Å². The molecule has 15 heavy (non-hydrogen) atoms. The summed E-state index contributed by atoms with van der Waals surface area (Å²) in [6.45, 7) is 5.83. The van der Waals surface area contributed by atoms with Gasteiger partial charge in [0.15, 0.2) is 0 Å². The van der Waals surface area contributed by atoms with Crippen LogP contribution in [-0.2, 0) is 5.41 Å². The summed E-state index contributed by atoms with van der Waals surface area (Å²) in [5, 5.41) is 3.35. The minimum Gasteiger partial charge on any atom is -0.319 e. The first-order valence-corrected chi connectivity index (χ1v) is 5.78. The van der Waals surface area contributed by atoms with Gasteiger partial charge in [-0.2, -0.15) is 0 Å². The molecule has 1 aliphatic rings. The third-order valence-electron chi connectivity index (χ3n) is 3.54. The lowest BCUT2D eigenvalue weighted by molar-refractivity contribution is 0.0579. The van der Waals surface area contributed by atoms with E-state index in [1.54, 1.807) is 0 Å². The fourth-order valence-corrected chi connectivity index (χ4v) is 3.34. The van der Waals surface area contributed by atoms with Gasteiger partial charge in [-0.25, -0.2) is 0 Å². The number of rotatable bonds is 3. The molecule has 2 rings (SSSR count). The monoisotopic (exact) mass is 203 g/mol. The fourth-order valence-electron chi connectivity index (χ4n) is 3.34. The van der Waals surface area contributed by atoms with Crippen molar-refractivity contribution in [1.82, 2.24) is 5.32 Å². The van der Waals surface area contributed by atoms with Crippen LogP contribution in [0, 0.1) is 5.41 Å². The van der Waals surface area contributed by atoms with Crippen molar-refractivity contribution in [3.05, 3.63) is 35.9 Å². The molecule has 1 nitrogen and oxygen atoms in total. The van der Waals surface area contributed by atoms with Gasteiger partial charge in [-0.15, -0.1) is 0 Å². The Labute approximate surface area is 92.9 Å². The van der Waals surface area contributed by atoms with Crippen LogP contribution in [-0.4, -0.2) is 13.6 Å². The van der Waals surface area contributed by atoms with Crippen LogP contribution in [0.5, 0.6) is 0 Å². The molecule has 1 N–H and O–H groups in total. The van der Waals surface area contributed by atoms with Crippen molar-refractivity contribution in [1.29, 1.82) is 0 Å². The highest BCUT2D eigenvalue weighted by Gasteiger charge is 2.49. The molecule has 0 atom stereocenters. The average Bonchev–Trinajstić information content (AvgIpc) is 2.16. The van der Waals surface area contributed by atoms with E-state index in [9.17, 15) is 0 Å². The first kappa shape index (κ1) is 10.7. The number of nitrogens with one attached hydrogen (secondary N) is 1. The fraction of sp³-hybridized carbons (Fsp3) is 0.571.